The van der Waals surface area contributed by atoms with Gasteiger partial charge in [-0.25, -0.2) is 0 Å². The number of para-hydroxylation sites is 2. The Morgan fingerprint density at radius 3 is 2.52 bits per heavy atom. The summed E-state index contributed by atoms with van der Waals surface area (Å²) in [5, 5.41) is 10.9. The molecule has 0 spiro atoms. The Morgan fingerprint density at radius 2 is 1.83 bits per heavy atom. The monoisotopic (exact) mass is 333 g/mol. The minimum atomic E-state index is -1.93. The van der Waals surface area contributed by atoms with Crippen LogP contribution in [0.3, 0.4) is 0 Å². The van der Waals surface area contributed by atoms with Crippen molar-refractivity contribution in [3.63, 3.8) is 0 Å². The molecule has 2 aromatic carbocycles. The number of carbonyl (C=O) groups is 2. The van der Waals surface area contributed by atoms with Gasteiger partial charge in [0.1, 0.15) is 16.4 Å². The standard InChI is InChI=1S/C15H11NO6S/c17-9-11-5-1-3-7-13(11)22-15(18)10-23(21)14-8-4-2-6-12(14)16(19)20/h1-9H,10H2/t23-/m1/s1. The zero-order valence-corrected chi connectivity index (χ0v) is 12.5. The highest BCUT2D eigenvalue weighted by Gasteiger charge is 2.21. The van der Waals surface area contributed by atoms with Gasteiger partial charge in [-0.15, -0.1) is 0 Å². The largest absolute Gasteiger partial charge is 0.425 e. The lowest BCUT2D eigenvalue weighted by molar-refractivity contribution is -0.387. The van der Waals surface area contributed by atoms with Gasteiger partial charge in [0.15, 0.2) is 6.29 Å². The summed E-state index contributed by atoms with van der Waals surface area (Å²) in [5.74, 6) is -1.36. The van der Waals surface area contributed by atoms with Gasteiger partial charge in [0.25, 0.3) is 5.69 Å². The lowest BCUT2D eigenvalue weighted by Gasteiger charge is -2.06. The van der Waals surface area contributed by atoms with Crippen LogP contribution in [0.1, 0.15) is 10.4 Å². The van der Waals surface area contributed by atoms with Crippen LogP contribution in [0.2, 0.25) is 0 Å². The smallest absolute Gasteiger partial charge is 0.324 e. The van der Waals surface area contributed by atoms with Crippen LogP contribution in [0.4, 0.5) is 5.69 Å². The minimum absolute atomic E-state index is 0.0482. The SMILES string of the molecule is O=Cc1ccccc1OC(=O)C[S@@](=O)c1ccccc1[N+](=O)[O-]. The topological polar surface area (TPSA) is 104 Å². The van der Waals surface area contributed by atoms with Crippen LogP contribution in [-0.4, -0.2) is 27.1 Å². The molecule has 0 amide bonds. The molecule has 0 unspecified atom stereocenters. The summed E-state index contributed by atoms with van der Waals surface area (Å²) in [7, 11) is -1.93. The highest BCUT2D eigenvalue weighted by Crippen LogP contribution is 2.22. The van der Waals surface area contributed by atoms with Crippen LogP contribution in [0, 0.1) is 10.1 Å². The summed E-state index contributed by atoms with van der Waals surface area (Å²) in [6.45, 7) is 0. The molecule has 0 aromatic heterocycles. The first-order valence-electron chi connectivity index (χ1n) is 6.39. The number of carbonyl (C=O) groups excluding carboxylic acids is 2. The van der Waals surface area contributed by atoms with Crippen molar-refractivity contribution in [3.8, 4) is 5.75 Å². The van der Waals surface area contributed by atoms with Crippen LogP contribution in [-0.2, 0) is 15.6 Å². The number of nitro groups is 1. The third-order valence-corrected chi connectivity index (χ3v) is 4.16. The number of ether oxygens (including phenoxy) is 1. The zero-order chi connectivity index (χ0) is 16.8. The van der Waals surface area contributed by atoms with Crippen molar-refractivity contribution < 1.29 is 23.5 Å². The van der Waals surface area contributed by atoms with E-state index in [2.05, 4.69) is 0 Å². The molecule has 8 heteroatoms. The van der Waals surface area contributed by atoms with E-state index in [0.29, 0.717) is 6.29 Å². The molecule has 0 aliphatic heterocycles. The van der Waals surface area contributed by atoms with E-state index in [0.717, 1.165) is 0 Å². The van der Waals surface area contributed by atoms with Crippen molar-refractivity contribution >= 4 is 28.7 Å². The number of esters is 1. The van der Waals surface area contributed by atoms with E-state index in [1.807, 2.05) is 0 Å². The molecule has 0 N–H and O–H groups in total. The van der Waals surface area contributed by atoms with E-state index >= 15 is 0 Å². The average Bonchev–Trinajstić information content (AvgIpc) is 2.55. The maximum Gasteiger partial charge on any atom is 0.324 e. The van der Waals surface area contributed by atoms with E-state index in [-0.39, 0.29) is 21.9 Å². The summed E-state index contributed by atoms with van der Waals surface area (Å²) < 4.78 is 17.2. The van der Waals surface area contributed by atoms with E-state index in [9.17, 15) is 23.9 Å². The molecule has 2 aromatic rings. The van der Waals surface area contributed by atoms with Crippen molar-refractivity contribution in [1.29, 1.82) is 0 Å². The van der Waals surface area contributed by atoms with Gasteiger partial charge in [0.2, 0.25) is 0 Å². The molecule has 0 radical (unpaired) electrons. The number of hydrogen-bond acceptors (Lipinski definition) is 6. The predicted molar refractivity (Wildman–Crippen MR) is 81.8 cm³/mol. The highest BCUT2D eigenvalue weighted by atomic mass is 32.2. The molecule has 0 saturated heterocycles. The second-order valence-corrected chi connectivity index (χ2v) is 5.76. The van der Waals surface area contributed by atoms with Crippen LogP contribution in [0.25, 0.3) is 0 Å². The third-order valence-electron chi connectivity index (χ3n) is 2.83. The maximum absolute atomic E-state index is 12.2. The van der Waals surface area contributed by atoms with Gasteiger partial charge in [0.05, 0.1) is 21.3 Å². The molecular formula is C15H11NO6S. The van der Waals surface area contributed by atoms with Crippen molar-refractivity contribution in [2.75, 3.05) is 5.75 Å². The van der Waals surface area contributed by atoms with Crippen molar-refractivity contribution in [2.45, 2.75) is 4.90 Å². The quantitative estimate of drug-likeness (QED) is 0.264. The summed E-state index contributed by atoms with van der Waals surface area (Å²) >= 11 is 0. The molecule has 118 valence electrons. The molecule has 0 aliphatic rings. The number of nitro benzene ring substituents is 1. The Morgan fingerprint density at radius 1 is 1.17 bits per heavy atom. The van der Waals surface area contributed by atoms with Crippen LogP contribution in [0.5, 0.6) is 5.75 Å². The van der Waals surface area contributed by atoms with Crippen molar-refractivity contribution in [1.82, 2.24) is 0 Å². The first kappa shape index (κ1) is 16.5. The molecule has 0 saturated carbocycles. The Labute approximate surface area is 133 Å². The number of rotatable bonds is 6. The molecule has 0 bridgehead atoms. The van der Waals surface area contributed by atoms with Gasteiger partial charge in [-0.05, 0) is 18.2 Å². The van der Waals surface area contributed by atoms with Crippen molar-refractivity contribution in [3.05, 3.63) is 64.2 Å². The van der Waals surface area contributed by atoms with Crippen LogP contribution in [0.15, 0.2) is 53.4 Å². The highest BCUT2D eigenvalue weighted by molar-refractivity contribution is 7.85. The van der Waals surface area contributed by atoms with Gasteiger partial charge in [-0.3, -0.25) is 23.9 Å². The van der Waals surface area contributed by atoms with Crippen LogP contribution < -0.4 is 4.74 Å². The normalized spacial score (nSPS) is 11.5. The number of benzene rings is 2. The predicted octanol–water partition coefficient (Wildman–Crippen LogP) is 2.12. The summed E-state index contributed by atoms with van der Waals surface area (Å²) in [6, 6.07) is 11.5. The molecule has 0 heterocycles. The Hall–Kier alpha value is -2.87. The Kier molecular flexibility index (Phi) is 5.32. The fraction of sp³-hybridized carbons (Fsp3) is 0.0667. The summed E-state index contributed by atoms with van der Waals surface area (Å²) in [4.78, 5) is 32.9. The molecule has 7 nitrogen and oxygen atoms in total. The minimum Gasteiger partial charge on any atom is -0.425 e. The number of hydrogen-bond donors (Lipinski definition) is 0. The van der Waals surface area contributed by atoms with Gasteiger partial charge in [0, 0.05) is 6.07 Å². The van der Waals surface area contributed by atoms with E-state index in [4.69, 9.17) is 4.74 Å². The second kappa shape index (κ2) is 7.41. The zero-order valence-electron chi connectivity index (χ0n) is 11.7. The fourth-order valence-electron chi connectivity index (χ4n) is 1.81. The fourth-order valence-corrected chi connectivity index (χ4v) is 2.84. The van der Waals surface area contributed by atoms with Crippen LogP contribution >= 0.6 is 0 Å². The first-order valence-corrected chi connectivity index (χ1v) is 7.71. The third kappa shape index (κ3) is 4.07. The van der Waals surface area contributed by atoms with E-state index in [1.165, 1.54) is 36.4 Å². The van der Waals surface area contributed by atoms with E-state index in [1.54, 1.807) is 12.1 Å². The number of aldehydes is 1. The summed E-state index contributed by atoms with van der Waals surface area (Å²) in [6.07, 6.45) is 0.529. The molecule has 2 rings (SSSR count). The number of nitrogens with zero attached hydrogens (tertiary/aromatic N) is 1. The second-order valence-electron chi connectivity index (χ2n) is 4.34. The molecule has 1 atom stereocenters. The van der Waals surface area contributed by atoms with Gasteiger partial charge in [-0.1, -0.05) is 24.3 Å². The first-order chi connectivity index (χ1) is 11.0. The lowest BCUT2D eigenvalue weighted by Crippen LogP contribution is -2.18. The molecule has 23 heavy (non-hydrogen) atoms. The maximum atomic E-state index is 12.2. The average molecular weight is 333 g/mol. The lowest BCUT2D eigenvalue weighted by atomic mass is 10.2. The van der Waals surface area contributed by atoms with Crippen molar-refractivity contribution in [2.24, 2.45) is 0 Å². The Bertz CT molecular complexity index is 789. The van der Waals surface area contributed by atoms with Gasteiger partial charge < -0.3 is 4.74 Å². The van der Waals surface area contributed by atoms with E-state index < -0.39 is 27.4 Å². The van der Waals surface area contributed by atoms with Gasteiger partial charge in [-0.2, -0.15) is 0 Å². The van der Waals surface area contributed by atoms with Gasteiger partial charge >= 0.3 is 5.97 Å². The molecule has 0 fully saturated rings. The molecular weight excluding hydrogens is 322 g/mol. The Balaban J connectivity index is 2.13. The molecule has 0 aliphatic carbocycles. The summed E-state index contributed by atoms with van der Waals surface area (Å²) in [5.41, 5.74) is -0.149.